The molecular weight excluding hydrogens is 326 g/mol. The highest BCUT2D eigenvalue weighted by molar-refractivity contribution is 7.92. The molecule has 5 nitrogen and oxygen atoms in total. The maximum atomic E-state index is 12.9. The van der Waals surface area contributed by atoms with Gasteiger partial charge in [0.15, 0.2) is 15.3 Å². The summed E-state index contributed by atoms with van der Waals surface area (Å²) < 4.78 is 25.8. The summed E-state index contributed by atoms with van der Waals surface area (Å²) in [6.07, 6.45) is 0. The molecule has 0 aliphatic heterocycles. The summed E-state index contributed by atoms with van der Waals surface area (Å²) in [5.41, 5.74) is -0.432. The Morgan fingerprint density at radius 3 is 2.21 bits per heavy atom. The molecule has 6 heteroatoms. The van der Waals surface area contributed by atoms with E-state index in [2.05, 4.69) is 0 Å². The van der Waals surface area contributed by atoms with Gasteiger partial charge < -0.3 is 5.11 Å². The van der Waals surface area contributed by atoms with Gasteiger partial charge in [-0.3, -0.25) is 4.79 Å². The summed E-state index contributed by atoms with van der Waals surface area (Å²) in [5.74, 6) is -2.29. The van der Waals surface area contributed by atoms with Crippen LogP contribution in [0.15, 0.2) is 59.5 Å². The zero-order valence-electron chi connectivity index (χ0n) is 12.9. The van der Waals surface area contributed by atoms with Gasteiger partial charge in [-0.25, -0.2) is 8.42 Å². The highest BCUT2D eigenvalue weighted by Gasteiger charge is 2.77. The van der Waals surface area contributed by atoms with E-state index in [1.807, 2.05) is 6.92 Å². The summed E-state index contributed by atoms with van der Waals surface area (Å²) in [6, 6.07) is 16.4. The molecular formula is C18H15NO4S. The number of hydrogen-bond donors (Lipinski definition) is 1. The Morgan fingerprint density at radius 1 is 1.12 bits per heavy atom. The number of carbonyl (C=O) groups is 1. The maximum Gasteiger partial charge on any atom is 0.326 e. The average Bonchev–Trinajstić information content (AvgIpc) is 3.28. The normalized spacial score (nSPS) is 25.7. The van der Waals surface area contributed by atoms with Crippen LogP contribution in [0.1, 0.15) is 17.0 Å². The van der Waals surface area contributed by atoms with Crippen LogP contribution in [0.5, 0.6) is 0 Å². The molecule has 0 radical (unpaired) electrons. The predicted molar refractivity (Wildman–Crippen MR) is 87.0 cm³/mol. The number of aryl methyl sites for hydroxylation is 1. The van der Waals surface area contributed by atoms with Gasteiger partial charge in [0.1, 0.15) is 5.25 Å². The lowest BCUT2D eigenvalue weighted by Crippen LogP contribution is -2.22. The molecule has 0 aromatic heterocycles. The van der Waals surface area contributed by atoms with Gasteiger partial charge in [-0.05, 0) is 24.6 Å². The topological polar surface area (TPSA) is 95.2 Å². The number of rotatable bonds is 4. The summed E-state index contributed by atoms with van der Waals surface area (Å²) in [4.78, 5) is 11.8. The van der Waals surface area contributed by atoms with E-state index in [-0.39, 0.29) is 4.90 Å². The van der Waals surface area contributed by atoms with Crippen LogP contribution in [0.2, 0.25) is 0 Å². The molecule has 3 atom stereocenters. The second kappa shape index (κ2) is 5.46. The lowest BCUT2D eigenvalue weighted by atomic mass is 10.00. The third kappa shape index (κ3) is 2.21. The van der Waals surface area contributed by atoms with Gasteiger partial charge in [-0.1, -0.05) is 48.0 Å². The van der Waals surface area contributed by atoms with Crippen molar-refractivity contribution in [1.29, 1.82) is 5.26 Å². The van der Waals surface area contributed by atoms with Crippen LogP contribution >= 0.6 is 0 Å². The Balaban J connectivity index is 2.13. The van der Waals surface area contributed by atoms with E-state index in [1.165, 1.54) is 12.1 Å². The highest BCUT2D eigenvalue weighted by atomic mass is 32.2. The van der Waals surface area contributed by atoms with Crippen molar-refractivity contribution in [3.05, 3.63) is 65.7 Å². The Labute approximate surface area is 140 Å². The molecule has 2 aromatic carbocycles. The van der Waals surface area contributed by atoms with Gasteiger partial charge in [0.2, 0.25) is 0 Å². The summed E-state index contributed by atoms with van der Waals surface area (Å²) >= 11 is 0. The lowest BCUT2D eigenvalue weighted by Gasteiger charge is -2.04. The van der Waals surface area contributed by atoms with Crippen molar-refractivity contribution in [1.82, 2.24) is 0 Å². The lowest BCUT2D eigenvalue weighted by molar-refractivity contribution is -0.141. The first-order chi connectivity index (χ1) is 11.4. The minimum Gasteiger partial charge on any atom is -0.480 e. The van der Waals surface area contributed by atoms with E-state index in [9.17, 15) is 23.6 Å². The van der Waals surface area contributed by atoms with Crippen molar-refractivity contribution in [2.75, 3.05) is 0 Å². The Kier molecular flexibility index (Phi) is 3.69. The van der Waals surface area contributed by atoms with Gasteiger partial charge in [0, 0.05) is 5.92 Å². The molecule has 2 aromatic rings. The molecule has 1 aliphatic rings. The Morgan fingerprint density at radius 2 is 1.71 bits per heavy atom. The minimum absolute atomic E-state index is 0.0329. The molecule has 0 unspecified atom stereocenters. The van der Waals surface area contributed by atoms with Crippen LogP contribution in [-0.4, -0.2) is 24.7 Å². The van der Waals surface area contributed by atoms with Crippen molar-refractivity contribution in [3.63, 3.8) is 0 Å². The summed E-state index contributed by atoms with van der Waals surface area (Å²) in [5, 5.41) is 17.8. The number of carboxylic acids is 1. The van der Waals surface area contributed by atoms with E-state index >= 15 is 0 Å². The number of benzene rings is 2. The van der Waals surface area contributed by atoms with Crippen molar-refractivity contribution in [2.45, 2.75) is 23.0 Å². The number of sulfone groups is 1. The first-order valence-electron chi connectivity index (χ1n) is 7.36. The third-order valence-electron chi connectivity index (χ3n) is 4.51. The molecule has 0 heterocycles. The van der Waals surface area contributed by atoms with Gasteiger partial charge in [-0.15, -0.1) is 0 Å². The smallest absolute Gasteiger partial charge is 0.326 e. The molecule has 0 amide bonds. The Hall–Kier alpha value is -2.65. The average molecular weight is 341 g/mol. The largest absolute Gasteiger partial charge is 0.480 e. The van der Waals surface area contributed by atoms with Crippen LogP contribution in [0.25, 0.3) is 0 Å². The number of hydrogen-bond acceptors (Lipinski definition) is 4. The van der Waals surface area contributed by atoms with Gasteiger partial charge in [0.25, 0.3) is 0 Å². The monoisotopic (exact) mass is 341 g/mol. The fourth-order valence-corrected chi connectivity index (χ4v) is 5.45. The summed E-state index contributed by atoms with van der Waals surface area (Å²) in [7, 11) is -3.94. The van der Waals surface area contributed by atoms with Gasteiger partial charge in [-0.2, -0.15) is 5.26 Å². The molecule has 0 spiro atoms. The van der Waals surface area contributed by atoms with Crippen molar-refractivity contribution in [2.24, 2.45) is 5.41 Å². The third-order valence-corrected chi connectivity index (χ3v) is 6.76. The van der Waals surface area contributed by atoms with E-state index < -0.39 is 32.4 Å². The first-order valence-corrected chi connectivity index (χ1v) is 8.90. The fraction of sp³-hybridized carbons (Fsp3) is 0.222. The molecule has 1 aliphatic carbocycles. The zero-order chi connectivity index (χ0) is 17.5. The predicted octanol–water partition coefficient (Wildman–Crippen LogP) is 2.53. The molecule has 0 bridgehead atoms. The molecule has 1 N–H and O–H groups in total. The fourth-order valence-electron chi connectivity index (χ4n) is 3.18. The quantitative estimate of drug-likeness (QED) is 0.922. The van der Waals surface area contributed by atoms with Gasteiger partial charge in [0.05, 0.1) is 11.0 Å². The van der Waals surface area contributed by atoms with E-state index in [4.69, 9.17) is 0 Å². The van der Waals surface area contributed by atoms with Crippen molar-refractivity contribution >= 4 is 15.8 Å². The molecule has 1 fully saturated rings. The number of nitriles is 1. The minimum atomic E-state index is -3.94. The van der Waals surface area contributed by atoms with Crippen LogP contribution in [0.4, 0.5) is 0 Å². The van der Waals surface area contributed by atoms with E-state index in [1.54, 1.807) is 48.5 Å². The number of carboxylic acid groups (broad SMARTS) is 1. The highest BCUT2D eigenvalue weighted by Crippen LogP contribution is 2.63. The van der Waals surface area contributed by atoms with Gasteiger partial charge >= 0.3 is 5.97 Å². The number of nitrogens with zero attached hydrogens (tertiary/aromatic N) is 1. The van der Waals surface area contributed by atoms with Crippen LogP contribution in [0.3, 0.4) is 0 Å². The van der Waals surface area contributed by atoms with Crippen LogP contribution < -0.4 is 0 Å². The van der Waals surface area contributed by atoms with Crippen LogP contribution in [-0.2, 0) is 14.6 Å². The van der Waals surface area contributed by atoms with E-state index in [0.29, 0.717) is 5.56 Å². The molecule has 122 valence electrons. The maximum absolute atomic E-state index is 12.9. The first kappa shape index (κ1) is 16.2. The molecule has 24 heavy (non-hydrogen) atoms. The summed E-state index contributed by atoms with van der Waals surface area (Å²) in [6.45, 7) is 1.88. The second-order valence-electron chi connectivity index (χ2n) is 5.95. The van der Waals surface area contributed by atoms with Crippen LogP contribution in [0, 0.1) is 23.7 Å². The molecule has 3 rings (SSSR count). The molecule has 0 saturated heterocycles. The van der Waals surface area contributed by atoms with Crippen molar-refractivity contribution < 1.29 is 18.3 Å². The second-order valence-corrected chi connectivity index (χ2v) is 8.02. The Bertz CT molecular complexity index is 929. The zero-order valence-corrected chi connectivity index (χ0v) is 13.7. The standard InChI is InChI=1S/C18H15NO4S/c1-12-7-9-13(10-8-12)15-16(18(15,11-19)17(20)21)24(22,23)14-5-3-2-4-6-14/h2-10,15-16H,1H3,(H,20,21)/t15-,16-,18-/m1/s1. The van der Waals surface area contributed by atoms with Crippen molar-refractivity contribution in [3.8, 4) is 6.07 Å². The van der Waals surface area contributed by atoms with E-state index in [0.717, 1.165) is 5.56 Å². The SMILES string of the molecule is Cc1ccc([C@@H]2[C@@H](S(=O)(=O)c3ccccc3)[C@]2(C#N)C(=O)O)cc1. The number of aliphatic carboxylic acids is 1. The molecule has 1 saturated carbocycles.